The molecule has 10 aromatic rings. The number of benzene rings is 8. The van der Waals surface area contributed by atoms with Gasteiger partial charge in [0.15, 0.2) is 0 Å². The summed E-state index contributed by atoms with van der Waals surface area (Å²) in [5.74, 6) is 1.27. The molecule has 0 bridgehead atoms. The van der Waals surface area contributed by atoms with Crippen LogP contribution in [0.3, 0.4) is 0 Å². The van der Waals surface area contributed by atoms with Crippen molar-refractivity contribution in [3.63, 3.8) is 0 Å². The fraction of sp³-hybridized carbons (Fsp3) is 0.0847. The van der Waals surface area contributed by atoms with E-state index in [0.29, 0.717) is 40.1 Å². The number of para-hydroxylation sites is 4. The summed E-state index contributed by atoms with van der Waals surface area (Å²) in [7, 11) is 0. The van der Waals surface area contributed by atoms with Crippen molar-refractivity contribution in [2.24, 2.45) is 0 Å². The van der Waals surface area contributed by atoms with Crippen molar-refractivity contribution in [1.82, 2.24) is 14.1 Å². The van der Waals surface area contributed by atoms with Gasteiger partial charge in [-0.05, 0) is 11.6 Å². The SMILES string of the molecule is [2H]c1c([2H])c([2H])c2c(c1[2H])-c1ccccc1B1N(c3cccc(Oc4[c-]c(-n5[c](=[Pt])n(-c6c(-c7ccccc7)cc(C([2H])([2H])[2H])cc6-c6ccc(C(C)(C)C)cc6)c6ccccc65)ccc4)n3)c3[c-]cccc3N12. The number of hydrogen-bond acceptors (Lipinski definition) is 4. The Bertz CT molecular complexity index is 3970. The van der Waals surface area contributed by atoms with Crippen LogP contribution in [0.2, 0.25) is 0 Å². The maximum absolute atomic E-state index is 9.18. The first kappa shape index (κ1) is 33.9. The van der Waals surface area contributed by atoms with Gasteiger partial charge in [-0.15, -0.1) is 6.07 Å². The summed E-state index contributed by atoms with van der Waals surface area (Å²) >= 11 is 2.36. The minimum Gasteiger partial charge on any atom is -0.175 e. The zero-order valence-corrected chi connectivity index (χ0v) is 39.0. The Morgan fingerprint density at radius 1 is 0.657 bits per heavy atom. The smallest absolute Gasteiger partial charge is 0.175 e. The summed E-state index contributed by atoms with van der Waals surface area (Å²) in [6.07, 6.45) is 0. The van der Waals surface area contributed by atoms with E-state index in [2.05, 4.69) is 97.8 Å². The zero-order chi connectivity index (χ0) is 51.4. The molecule has 8 heteroatoms. The molecule has 0 amide bonds. The molecule has 0 saturated carbocycles. The zero-order valence-electron chi connectivity index (χ0n) is 43.7. The average Bonchev–Trinajstić information content (AvgIpc) is 3.93. The number of aryl methyl sites for hydroxylation is 1. The predicted octanol–water partition coefficient (Wildman–Crippen LogP) is 13.9. The molecule has 67 heavy (non-hydrogen) atoms. The van der Waals surface area contributed by atoms with Gasteiger partial charge in [0.1, 0.15) is 0 Å². The Balaban J connectivity index is 0.974. The number of nitrogens with zero attached hydrogens (tertiary/aromatic N) is 5. The first-order valence-electron chi connectivity index (χ1n) is 25.6. The summed E-state index contributed by atoms with van der Waals surface area (Å²) < 4.78 is 73.2. The van der Waals surface area contributed by atoms with Gasteiger partial charge < -0.3 is 0 Å². The molecule has 326 valence electrons. The Labute approximate surface area is 412 Å². The second-order valence-corrected chi connectivity index (χ2v) is 18.7. The van der Waals surface area contributed by atoms with Crippen LogP contribution in [-0.4, -0.2) is 21.1 Å². The van der Waals surface area contributed by atoms with Crippen LogP contribution >= 0.6 is 0 Å². The summed E-state index contributed by atoms with van der Waals surface area (Å²) in [4.78, 5) is 9.12. The van der Waals surface area contributed by atoms with Gasteiger partial charge in [0.05, 0.1) is 5.48 Å². The number of rotatable bonds is 7. The van der Waals surface area contributed by atoms with Crippen molar-refractivity contribution in [3.05, 3.63) is 221 Å². The third kappa shape index (κ3) is 6.91. The second-order valence-electron chi connectivity index (χ2n) is 17.7. The fourth-order valence-electron chi connectivity index (χ4n) is 9.54. The van der Waals surface area contributed by atoms with Gasteiger partial charge in [0.2, 0.25) is 0 Å². The molecular formula is C59H44BN5OPt-2. The van der Waals surface area contributed by atoms with E-state index in [1.807, 2.05) is 137 Å². The Hall–Kier alpha value is -7.47. The predicted molar refractivity (Wildman–Crippen MR) is 270 cm³/mol. The molecule has 2 aromatic heterocycles. The van der Waals surface area contributed by atoms with Crippen LogP contribution in [0, 0.1) is 22.8 Å². The maximum atomic E-state index is 9.18. The molecule has 0 saturated heterocycles. The number of hydrogen-bond donors (Lipinski definition) is 0. The minimum atomic E-state index is -2.37. The van der Waals surface area contributed by atoms with Crippen molar-refractivity contribution in [2.45, 2.75) is 33.0 Å². The van der Waals surface area contributed by atoms with E-state index in [1.165, 1.54) is 5.56 Å². The number of fused-ring (bicyclic) bond motifs is 9. The number of pyridine rings is 1. The van der Waals surface area contributed by atoms with Crippen LogP contribution in [0.25, 0.3) is 55.8 Å². The van der Waals surface area contributed by atoms with E-state index >= 15 is 0 Å². The molecular weight excluding hydrogens is 1000 g/mol. The first-order chi connectivity index (χ1) is 35.6. The summed E-state index contributed by atoms with van der Waals surface area (Å²) in [5.41, 5.74) is 11.8. The monoisotopic (exact) mass is 1050 g/mol. The van der Waals surface area contributed by atoms with Gasteiger partial charge in [0, 0.05) is 11.3 Å². The van der Waals surface area contributed by atoms with Crippen LogP contribution in [0.4, 0.5) is 22.9 Å². The molecule has 6 nitrogen and oxygen atoms in total. The van der Waals surface area contributed by atoms with Gasteiger partial charge >= 0.3 is 325 Å². The van der Waals surface area contributed by atoms with E-state index < -0.39 is 13.8 Å². The van der Waals surface area contributed by atoms with Crippen molar-refractivity contribution in [1.29, 1.82) is 0 Å². The molecule has 0 unspecified atom stereocenters. The van der Waals surface area contributed by atoms with E-state index in [-0.39, 0.29) is 35.1 Å². The van der Waals surface area contributed by atoms with Gasteiger partial charge in [-0.2, -0.15) is 12.1 Å². The van der Waals surface area contributed by atoms with Crippen LogP contribution in [0.15, 0.2) is 194 Å². The van der Waals surface area contributed by atoms with Crippen LogP contribution in [0.5, 0.6) is 11.6 Å². The van der Waals surface area contributed by atoms with Crippen molar-refractivity contribution in [3.8, 4) is 56.4 Å². The molecule has 0 atom stereocenters. The van der Waals surface area contributed by atoms with Gasteiger partial charge in [-0.25, -0.2) is 0 Å². The van der Waals surface area contributed by atoms with Crippen LogP contribution < -0.4 is 19.8 Å². The van der Waals surface area contributed by atoms with Crippen LogP contribution in [-0.2, 0) is 24.8 Å². The molecule has 2 aliphatic heterocycles. The van der Waals surface area contributed by atoms with Crippen molar-refractivity contribution >= 4 is 46.4 Å². The molecule has 4 heterocycles. The Morgan fingerprint density at radius 2 is 1.37 bits per heavy atom. The number of anilines is 4. The van der Waals surface area contributed by atoms with E-state index in [9.17, 15) is 1.37 Å². The van der Waals surface area contributed by atoms with E-state index in [0.717, 1.165) is 59.5 Å². The molecule has 0 aliphatic carbocycles. The van der Waals surface area contributed by atoms with E-state index in [1.54, 1.807) is 6.07 Å². The van der Waals surface area contributed by atoms with Gasteiger partial charge in [-0.3, -0.25) is 0 Å². The summed E-state index contributed by atoms with van der Waals surface area (Å²) in [6, 6.07) is 61.0. The van der Waals surface area contributed by atoms with Crippen molar-refractivity contribution < 1.29 is 33.7 Å². The van der Waals surface area contributed by atoms with Gasteiger partial charge in [0.25, 0.3) is 0 Å². The normalized spacial score (nSPS) is 14.5. The Morgan fingerprint density at radius 3 is 2.16 bits per heavy atom. The quantitative estimate of drug-likeness (QED) is 0.118. The van der Waals surface area contributed by atoms with E-state index in [4.69, 9.17) is 17.9 Å². The number of ether oxygens (including phenoxy) is 1. The number of aromatic nitrogens is 3. The van der Waals surface area contributed by atoms with Crippen LogP contribution in [0.1, 0.15) is 41.5 Å². The second kappa shape index (κ2) is 16.1. The third-order valence-electron chi connectivity index (χ3n) is 12.6. The van der Waals surface area contributed by atoms with Crippen molar-refractivity contribution in [2.75, 3.05) is 9.62 Å². The Kier molecular flexibility index (Phi) is 8.18. The molecule has 0 spiro atoms. The topological polar surface area (TPSA) is 38.5 Å². The fourth-order valence-corrected chi connectivity index (χ4v) is 10.6. The molecule has 12 rings (SSSR count). The molecule has 0 N–H and O–H groups in total. The molecule has 0 radical (unpaired) electrons. The summed E-state index contributed by atoms with van der Waals surface area (Å²) in [5, 5.41) is 0. The average molecular weight is 1050 g/mol. The third-order valence-corrected chi connectivity index (χ3v) is 13.6. The minimum absolute atomic E-state index is 0.0805. The summed E-state index contributed by atoms with van der Waals surface area (Å²) in [6.45, 7) is 3.61. The standard InChI is InChI=1S/C59H44BN5O.Pt/c1-40-36-48(41-18-6-5-7-19-41)58(49(37-40)42-32-34-43(35-33-42)59(2,3)4)63-39-62(52-26-12-13-27-53(52)63)44-20-16-21-45(38-44)66-57-31-17-30-56(61-57)65-55-29-15-14-28-54(55)64-51-25-11-9-23-47(51)46-22-8-10-24-50(46)60(64)65;/h5-28,30-37H,1-4H3;/q-2;/i1D3,9D,11D,23D,25D;. The molecule has 2 aliphatic rings. The number of imidazole rings is 1. The first-order valence-corrected chi connectivity index (χ1v) is 23.2. The molecule has 8 aromatic carbocycles. The van der Waals surface area contributed by atoms with Gasteiger partial charge in [-0.1, -0.05) is 42.4 Å². The molecule has 0 fully saturated rings.